The van der Waals surface area contributed by atoms with E-state index in [1.807, 2.05) is 6.92 Å². The van der Waals surface area contributed by atoms with Gasteiger partial charge in [0.05, 0.1) is 19.3 Å². The SMILES string of the molecule is CC(CS(C)=O)NCC(O)COCC1CC=CCC1C. The number of aliphatic hydroxyl groups excluding tert-OH is 1. The Bertz CT molecular complexity index is 322. The lowest BCUT2D eigenvalue weighted by Gasteiger charge is -2.25. The van der Waals surface area contributed by atoms with Crippen LogP contribution in [0.2, 0.25) is 0 Å². The number of nitrogens with one attached hydrogen (secondary N) is 1. The second-order valence-electron chi connectivity index (χ2n) is 5.92. The quantitative estimate of drug-likeness (QED) is 0.631. The maximum Gasteiger partial charge on any atom is 0.0897 e. The van der Waals surface area contributed by atoms with E-state index in [4.69, 9.17) is 4.74 Å². The van der Waals surface area contributed by atoms with Crippen molar-refractivity contribution in [3.63, 3.8) is 0 Å². The molecule has 0 saturated heterocycles. The molecule has 1 aliphatic carbocycles. The number of rotatable bonds is 9. The Morgan fingerprint density at radius 3 is 2.80 bits per heavy atom. The van der Waals surface area contributed by atoms with Gasteiger partial charge in [0.15, 0.2) is 0 Å². The summed E-state index contributed by atoms with van der Waals surface area (Å²) in [6.45, 7) is 5.80. The minimum Gasteiger partial charge on any atom is -0.389 e. The summed E-state index contributed by atoms with van der Waals surface area (Å²) in [5.41, 5.74) is 0. The molecular weight excluding hydrogens is 274 g/mol. The van der Waals surface area contributed by atoms with Crippen LogP contribution in [0.1, 0.15) is 26.7 Å². The zero-order valence-corrected chi connectivity index (χ0v) is 13.7. The van der Waals surface area contributed by atoms with Gasteiger partial charge >= 0.3 is 0 Å². The summed E-state index contributed by atoms with van der Waals surface area (Å²) in [5.74, 6) is 1.84. The molecule has 4 nitrogen and oxygen atoms in total. The minimum absolute atomic E-state index is 0.152. The van der Waals surface area contributed by atoms with Crippen molar-refractivity contribution in [3.05, 3.63) is 12.2 Å². The van der Waals surface area contributed by atoms with Crippen LogP contribution >= 0.6 is 0 Å². The van der Waals surface area contributed by atoms with E-state index in [1.54, 1.807) is 6.26 Å². The van der Waals surface area contributed by atoms with Gasteiger partial charge in [0.2, 0.25) is 0 Å². The van der Waals surface area contributed by atoms with Gasteiger partial charge in [0.1, 0.15) is 0 Å². The largest absolute Gasteiger partial charge is 0.389 e. The second kappa shape index (κ2) is 9.66. The van der Waals surface area contributed by atoms with E-state index in [2.05, 4.69) is 24.4 Å². The molecule has 0 aromatic carbocycles. The van der Waals surface area contributed by atoms with Gasteiger partial charge in [-0.1, -0.05) is 19.1 Å². The molecule has 0 aromatic heterocycles. The van der Waals surface area contributed by atoms with Gasteiger partial charge in [-0.2, -0.15) is 0 Å². The molecule has 2 N–H and O–H groups in total. The molecule has 5 atom stereocenters. The smallest absolute Gasteiger partial charge is 0.0897 e. The van der Waals surface area contributed by atoms with Crippen LogP contribution in [-0.4, -0.2) is 53.2 Å². The molecule has 1 rings (SSSR count). The number of aliphatic hydroxyl groups is 1. The molecule has 0 heterocycles. The van der Waals surface area contributed by atoms with E-state index >= 15 is 0 Å². The van der Waals surface area contributed by atoms with Crippen molar-refractivity contribution in [2.45, 2.75) is 38.8 Å². The third-order valence-electron chi connectivity index (χ3n) is 3.75. The van der Waals surface area contributed by atoms with Gasteiger partial charge in [-0.15, -0.1) is 0 Å². The zero-order chi connectivity index (χ0) is 15.0. The molecule has 0 saturated carbocycles. The van der Waals surface area contributed by atoms with Gasteiger partial charge in [-0.3, -0.25) is 4.21 Å². The summed E-state index contributed by atoms with van der Waals surface area (Å²) in [6.07, 6.45) is 7.85. The van der Waals surface area contributed by atoms with Crippen LogP contribution in [0.25, 0.3) is 0 Å². The van der Waals surface area contributed by atoms with Crippen LogP contribution in [0.5, 0.6) is 0 Å². The highest BCUT2D eigenvalue weighted by atomic mass is 32.2. The van der Waals surface area contributed by atoms with Crippen LogP contribution in [-0.2, 0) is 15.5 Å². The predicted molar refractivity (Wildman–Crippen MR) is 84.3 cm³/mol. The van der Waals surface area contributed by atoms with Crippen molar-refractivity contribution >= 4 is 10.8 Å². The first kappa shape index (κ1) is 17.8. The highest BCUT2D eigenvalue weighted by Gasteiger charge is 2.18. The lowest BCUT2D eigenvalue weighted by Crippen LogP contribution is -2.38. The molecule has 0 fully saturated rings. The van der Waals surface area contributed by atoms with Gasteiger partial charge in [-0.25, -0.2) is 0 Å². The van der Waals surface area contributed by atoms with E-state index in [1.165, 1.54) is 0 Å². The molecule has 5 heteroatoms. The van der Waals surface area contributed by atoms with Gasteiger partial charge in [-0.05, 0) is 31.6 Å². The maximum absolute atomic E-state index is 11.1. The molecule has 118 valence electrons. The molecule has 0 aliphatic heterocycles. The number of hydrogen-bond donors (Lipinski definition) is 2. The molecule has 0 amide bonds. The summed E-state index contributed by atoms with van der Waals surface area (Å²) in [7, 11) is -0.805. The Kier molecular flexibility index (Phi) is 8.61. The highest BCUT2D eigenvalue weighted by molar-refractivity contribution is 7.84. The van der Waals surface area contributed by atoms with Crippen LogP contribution in [0.3, 0.4) is 0 Å². The molecule has 0 aromatic rings. The van der Waals surface area contributed by atoms with Crippen LogP contribution in [0, 0.1) is 11.8 Å². The number of ether oxygens (including phenoxy) is 1. The van der Waals surface area contributed by atoms with E-state index in [9.17, 15) is 9.32 Å². The highest BCUT2D eigenvalue weighted by Crippen LogP contribution is 2.24. The van der Waals surface area contributed by atoms with Crippen molar-refractivity contribution in [1.29, 1.82) is 0 Å². The Labute approximate surface area is 125 Å². The van der Waals surface area contributed by atoms with Crippen molar-refractivity contribution < 1.29 is 14.1 Å². The normalized spacial score (nSPS) is 27.2. The first-order chi connectivity index (χ1) is 9.49. The molecule has 20 heavy (non-hydrogen) atoms. The minimum atomic E-state index is -0.805. The summed E-state index contributed by atoms with van der Waals surface area (Å²) in [4.78, 5) is 0. The fourth-order valence-corrected chi connectivity index (χ4v) is 3.22. The average molecular weight is 303 g/mol. The van der Waals surface area contributed by atoms with Crippen molar-refractivity contribution in [2.24, 2.45) is 11.8 Å². The molecule has 1 aliphatic rings. The van der Waals surface area contributed by atoms with Gasteiger partial charge in [0.25, 0.3) is 0 Å². The Balaban J connectivity index is 2.09. The van der Waals surface area contributed by atoms with Crippen LogP contribution < -0.4 is 5.32 Å². The van der Waals surface area contributed by atoms with Crippen molar-refractivity contribution in [2.75, 3.05) is 31.8 Å². The van der Waals surface area contributed by atoms with Gasteiger partial charge < -0.3 is 15.2 Å². The monoisotopic (exact) mass is 303 g/mol. The summed E-state index contributed by atoms with van der Waals surface area (Å²) in [6, 6.07) is 0.152. The summed E-state index contributed by atoms with van der Waals surface area (Å²) in [5, 5.41) is 13.0. The third kappa shape index (κ3) is 7.53. The lowest BCUT2D eigenvalue weighted by atomic mass is 9.85. The maximum atomic E-state index is 11.1. The Morgan fingerprint density at radius 2 is 2.15 bits per heavy atom. The first-order valence-electron chi connectivity index (χ1n) is 7.43. The fourth-order valence-electron chi connectivity index (χ4n) is 2.40. The molecule has 5 unspecified atom stereocenters. The Hall–Kier alpha value is -0.230. The summed E-state index contributed by atoms with van der Waals surface area (Å²) >= 11 is 0. The molecular formula is C15H29NO3S. The number of allylic oxidation sites excluding steroid dienone is 2. The van der Waals surface area contributed by atoms with Crippen molar-refractivity contribution in [1.82, 2.24) is 5.32 Å². The van der Waals surface area contributed by atoms with E-state index in [0.717, 1.165) is 19.4 Å². The standard InChI is InChI=1S/C15H29NO3S/c1-12-6-4-5-7-14(12)9-19-10-15(17)8-16-13(2)11-20(3)18/h4-5,12-17H,6-11H2,1-3H3. The molecule has 0 radical (unpaired) electrons. The average Bonchev–Trinajstić information content (AvgIpc) is 2.38. The molecule has 0 spiro atoms. The number of hydrogen-bond acceptors (Lipinski definition) is 4. The second-order valence-corrected chi connectivity index (χ2v) is 7.40. The Morgan fingerprint density at radius 1 is 1.45 bits per heavy atom. The van der Waals surface area contributed by atoms with E-state index in [-0.39, 0.29) is 6.04 Å². The summed E-state index contributed by atoms with van der Waals surface area (Å²) < 4.78 is 16.7. The van der Waals surface area contributed by atoms with Gasteiger partial charge in [0, 0.05) is 35.4 Å². The topological polar surface area (TPSA) is 58.6 Å². The van der Waals surface area contributed by atoms with Crippen molar-refractivity contribution in [3.8, 4) is 0 Å². The molecule has 0 bridgehead atoms. The zero-order valence-electron chi connectivity index (χ0n) is 12.9. The van der Waals surface area contributed by atoms with E-state index in [0.29, 0.717) is 30.7 Å². The van der Waals surface area contributed by atoms with Crippen LogP contribution in [0.15, 0.2) is 12.2 Å². The first-order valence-corrected chi connectivity index (χ1v) is 9.16. The lowest BCUT2D eigenvalue weighted by molar-refractivity contribution is 0.0123. The third-order valence-corrected chi connectivity index (χ3v) is 4.72. The fraction of sp³-hybridized carbons (Fsp3) is 0.867. The van der Waals surface area contributed by atoms with E-state index < -0.39 is 16.9 Å². The van der Waals surface area contributed by atoms with Crippen LogP contribution in [0.4, 0.5) is 0 Å². The predicted octanol–water partition coefficient (Wildman–Crippen LogP) is 1.32.